The van der Waals surface area contributed by atoms with Crippen LogP contribution in [0.2, 0.25) is 0 Å². The van der Waals surface area contributed by atoms with Crippen LogP contribution in [-0.2, 0) is 24.2 Å². The van der Waals surface area contributed by atoms with Gasteiger partial charge in [-0.3, -0.25) is 9.48 Å². The molecule has 1 amide bonds. The van der Waals surface area contributed by atoms with Crippen LogP contribution < -0.4 is 0 Å². The van der Waals surface area contributed by atoms with Crippen molar-refractivity contribution in [2.45, 2.75) is 39.3 Å². The Kier molecular flexibility index (Phi) is 4.51. The van der Waals surface area contributed by atoms with Crippen molar-refractivity contribution in [3.05, 3.63) is 59.3 Å². The average molecular weight is 367 g/mol. The molecule has 0 fully saturated rings. The van der Waals surface area contributed by atoms with Gasteiger partial charge >= 0.3 is 0 Å². The fourth-order valence-electron chi connectivity index (χ4n) is 3.59. The van der Waals surface area contributed by atoms with Crippen molar-refractivity contribution >= 4 is 5.91 Å². The minimum Gasteiger partial charge on any atom is -0.343 e. The number of carbonyl (C=O) groups is 1. The van der Waals surface area contributed by atoms with Crippen LogP contribution in [0.1, 0.15) is 36.7 Å². The monoisotopic (exact) mass is 367 g/mol. The third kappa shape index (κ3) is 3.25. The summed E-state index contributed by atoms with van der Waals surface area (Å²) in [5.41, 5.74) is 3.38. The van der Waals surface area contributed by atoms with Gasteiger partial charge in [-0.25, -0.2) is 9.37 Å². The van der Waals surface area contributed by atoms with Gasteiger partial charge in [-0.2, -0.15) is 5.10 Å². The Morgan fingerprint density at radius 2 is 2.15 bits per heavy atom. The highest BCUT2D eigenvalue weighted by Gasteiger charge is 2.29. The van der Waals surface area contributed by atoms with Crippen LogP contribution in [0.3, 0.4) is 0 Å². The van der Waals surface area contributed by atoms with E-state index in [4.69, 9.17) is 5.10 Å². The van der Waals surface area contributed by atoms with E-state index in [1.54, 1.807) is 35.5 Å². The van der Waals surface area contributed by atoms with Gasteiger partial charge in [-0.1, -0.05) is 18.2 Å². The molecule has 0 unspecified atom stereocenters. The van der Waals surface area contributed by atoms with Gasteiger partial charge in [-0.15, -0.1) is 0 Å². The summed E-state index contributed by atoms with van der Waals surface area (Å²) in [5.74, 6) is 0.287. The molecule has 27 heavy (non-hydrogen) atoms. The summed E-state index contributed by atoms with van der Waals surface area (Å²) in [5, 5.41) is 4.75. The largest absolute Gasteiger partial charge is 0.343 e. The zero-order valence-electron chi connectivity index (χ0n) is 15.4. The lowest BCUT2D eigenvalue weighted by atomic mass is 10.0. The number of halogens is 1. The van der Waals surface area contributed by atoms with Gasteiger partial charge in [0.05, 0.1) is 6.42 Å². The lowest BCUT2D eigenvalue weighted by molar-refractivity contribution is -0.131. The van der Waals surface area contributed by atoms with E-state index < -0.39 is 0 Å². The SMILES string of the molecule is CC(C)n1nc(-c2ncc[nH]2)c2c1CCN(C(=O)Cc1ccccc1F)C2. The average Bonchev–Trinajstić information content (AvgIpc) is 3.30. The van der Waals surface area contributed by atoms with Crippen molar-refractivity contribution in [2.24, 2.45) is 0 Å². The van der Waals surface area contributed by atoms with E-state index in [9.17, 15) is 9.18 Å². The molecule has 3 aromatic rings. The van der Waals surface area contributed by atoms with Crippen molar-refractivity contribution in [1.29, 1.82) is 0 Å². The van der Waals surface area contributed by atoms with Gasteiger partial charge in [0.15, 0.2) is 5.82 Å². The molecule has 1 aliphatic heterocycles. The summed E-state index contributed by atoms with van der Waals surface area (Å²) < 4.78 is 15.9. The van der Waals surface area contributed by atoms with Crippen molar-refractivity contribution in [1.82, 2.24) is 24.6 Å². The highest BCUT2D eigenvalue weighted by molar-refractivity contribution is 5.79. The number of aromatic nitrogens is 4. The minimum atomic E-state index is -0.340. The molecule has 6 nitrogen and oxygen atoms in total. The van der Waals surface area contributed by atoms with Gasteiger partial charge < -0.3 is 9.88 Å². The Morgan fingerprint density at radius 3 is 2.85 bits per heavy atom. The summed E-state index contributed by atoms with van der Waals surface area (Å²) in [6, 6.07) is 6.66. The number of hydrogen-bond donors (Lipinski definition) is 1. The number of benzene rings is 1. The van der Waals surface area contributed by atoms with Crippen LogP contribution in [0.4, 0.5) is 4.39 Å². The van der Waals surface area contributed by atoms with Crippen LogP contribution in [0, 0.1) is 5.82 Å². The highest BCUT2D eigenvalue weighted by Crippen LogP contribution is 2.30. The zero-order chi connectivity index (χ0) is 19.0. The fraction of sp³-hybridized carbons (Fsp3) is 0.350. The Morgan fingerprint density at radius 1 is 1.33 bits per heavy atom. The van der Waals surface area contributed by atoms with Crippen LogP contribution in [-0.4, -0.2) is 37.1 Å². The highest BCUT2D eigenvalue weighted by atomic mass is 19.1. The third-order valence-corrected chi connectivity index (χ3v) is 4.95. The number of imidazole rings is 1. The van der Waals surface area contributed by atoms with Gasteiger partial charge in [0.1, 0.15) is 11.5 Å². The first-order valence-corrected chi connectivity index (χ1v) is 9.15. The molecule has 1 N–H and O–H groups in total. The lowest BCUT2D eigenvalue weighted by Gasteiger charge is -2.28. The topological polar surface area (TPSA) is 66.8 Å². The molecule has 1 aliphatic rings. The van der Waals surface area contributed by atoms with Crippen molar-refractivity contribution in [3.8, 4) is 11.5 Å². The fourth-order valence-corrected chi connectivity index (χ4v) is 3.59. The van der Waals surface area contributed by atoms with Crippen molar-refractivity contribution < 1.29 is 9.18 Å². The number of aromatic amines is 1. The van der Waals surface area contributed by atoms with E-state index >= 15 is 0 Å². The Hall–Kier alpha value is -2.96. The van der Waals surface area contributed by atoms with Crippen LogP contribution in [0.25, 0.3) is 11.5 Å². The number of fused-ring (bicyclic) bond motifs is 1. The first-order chi connectivity index (χ1) is 13.0. The van der Waals surface area contributed by atoms with E-state index in [2.05, 4.69) is 23.8 Å². The predicted octanol–water partition coefficient (Wildman–Crippen LogP) is 3.12. The number of H-pyrrole nitrogens is 1. The molecule has 7 heteroatoms. The summed E-state index contributed by atoms with van der Waals surface area (Å²) >= 11 is 0. The molecule has 140 valence electrons. The zero-order valence-corrected chi connectivity index (χ0v) is 15.4. The van der Waals surface area contributed by atoms with Gasteiger partial charge in [0.25, 0.3) is 0 Å². The predicted molar refractivity (Wildman–Crippen MR) is 99.4 cm³/mol. The maximum Gasteiger partial charge on any atom is 0.227 e. The molecule has 4 rings (SSSR count). The maximum atomic E-state index is 13.9. The second kappa shape index (κ2) is 6.98. The molecule has 0 saturated carbocycles. The summed E-state index contributed by atoms with van der Waals surface area (Å²) in [7, 11) is 0. The molecule has 3 heterocycles. The Bertz CT molecular complexity index is 961. The molecular formula is C20H22FN5O. The van der Waals surface area contributed by atoms with E-state index in [1.165, 1.54) is 6.07 Å². The van der Waals surface area contributed by atoms with Crippen molar-refractivity contribution in [2.75, 3.05) is 6.54 Å². The van der Waals surface area contributed by atoms with E-state index in [1.807, 2.05) is 4.68 Å². The number of carbonyl (C=O) groups excluding carboxylic acids is 1. The quantitative estimate of drug-likeness (QED) is 0.770. The first-order valence-electron chi connectivity index (χ1n) is 9.15. The smallest absolute Gasteiger partial charge is 0.227 e. The van der Waals surface area contributed by atoms with Gasteiger partial charge in [-0.05, 0) is 25.5 Å². The molecule has 1 aromatic carbocycles. The Labute approximate surface area is 157 Å². The molecule has 2 aromatic heterocycles. The second-order valence-corrected chi connectivity index (χ2v) is 7.08. The van der Waals surface area contributed by atoms with Crippen molar-refractivity contribution in [3.63, 3.8) is 0 Å². The molecule has 0 atom stereocenters. The van der Waals surface area contributed by atoms with E-state index in [0.717, 1.165) is 23.4 Å². The molecule has 0 bridgehead atoms. The van der Waals surface area contributed by atoms with E-state index in [0.29, 0.717) is 24.5 Å². The molecule has 0 aliphatic carbocycles. The van der Waals surface area contributed by atoms with Gasteiger partial charge in [0, 0.05) is 49.2 Å². The summed E-state index contributed by atoms with van der Waals surface area (Å²) in [4.78, 5) is 22.0. The third-order valence-electron chi connectivity index (χ3n) is 4.95. The molecule has 0 saturated heterocycles. The van der Waals surface area contributed by atoms with Crippen LogP contribution >= 0.6 is 0 Å². The number of rotatable bonds is 4. The number of nitrogens with zero attached hydrogens (tertiary/aromatic N) is 4. The van der Waals surface area contributed by atoms with E-state index in [-0.39, 0.29) is 24.2 Å². The number of nitrogens with one attached hydrogen (secondary N) is 1. The number of amides is 1. The lowest BCUT2D eigenvalue weighted by Crippen LogP contribution is -2.37. The normalized spacial score (nSPS) is 13.9. The number of hydrogen-bond acceptors (Lipinski definition) is 3. The summed E-state index contributed by atoms with van der Waals surface area (Å²) in [6.45, 7) is 5.26. The molecule has 0 radical (unpaired) electrons. The Balaban J connectivity index is 1.62. The second-order valence-electron chi connectivity index (χ2n) is 7.08. The minimum absolute atomic E-state index is 0.0659. The van der Waals surface area contributed by atoms with Gasteiger partial charge in [0.2, 0.25) is 5.91 Å². The summed E-state index contributed by atoms with van der Waals surface area (Å²) in [6.07, 6.45) is 4.25. The van der Waals surface area contributed by atoms with Crippen LogP contribution in [0.5, 0.6) is 0 Å². The van der Waals surface area contributed by atoms with Crippen LogP contribution in [0.15, 0.2) is 36.7 Å². The maximum absolute atomic E-state index is 13.9. The first kappa shape index (κ1) is 17.5. The standard InChI is InChI=1S/C20H22FN5O/c1-13(2)26-17-7-10-25(18(27)11-14-5-3-4-6-16(14)21)12-15(17)19(24-26)20-22-8-9-23-20/h3-6,8-9,13H,7,10-12H2,1-2H3,(H,22,23). The molecule has 0 spiro atoms. The molecular weight excluding hydrogens is 345 g/mol.